The van der Waals surface area contributed by atoms with E-state index in [1.165, 1.54) is 0 Å². The number of piperidine rings is 2. The minimum atomic E-state index is -0.492. The number of rotatable bonds is 13. The molecular weight excluding hydrogens is 632 g/mol. The lowest BCUT2D eigenvalue weighted by atomic mass is 9.68. The molecule has 0 aromatic rings. The molecule has 0 radical (unpaired) electrons. The minimum Gasteiger partial charge on any atom is -0.466 e. The van der Waals surface area contributed by atoms with Gasteiger partial charge in [-0.15, -0.1) is 0 Å². The summed E-state index contributed by atoms with van der Waals surface area (Å²) in [6.07, 6.45) is 21.3. The summed E-state index contributed by atoms with van der Waals surface area (Å²) in [4.78, 5) is 55.7. The third-order valence-corrected chi connectivity index (χ3v) is 10.2. The fraction of sp³-hybridized carbons (Fsp3) is 0.700. The van der Waals surface area contributed by atoms with Crippen LogP contribution in [0.1, 0.15) is 132 Å². The summed E-state index contributed by atoms with van der Waals surface area (Å²) in [5, 5.41) is 7.42. The monoisotopic (exact) mass is 694 g/mol. The number of amides is 2. The average Bonchev–Trinajstić information content (AvgIpc) is 3.32. The molecule has 4 rings (SSSR count). The topological polar surface area (TPSA) is 117 Å². The Morgan fingerprint density at radius 3 is 1.28 bits per heavy atom. The molecule has 10 nitrogen and oxygen atoms in total. The van der Waals surface area contributed by atoms with Gasteiger partial charge in [0.25, 0.3) is 0 Å². The standard InChI is InChI=1S/C40H62N4O6/c1-35(2)27-39(28-36(3,4)41-35,43-23-15-9-11-17-31(43)45)21-25-49-33(47)19-13-14-20-34(48)50-26-22-40(44-24-16-10-12-18-32(44)46)29-37(5,6)42-38(7,8)30-40/h9-12,15-16,23-24,41-42H,13-14,17-22,25-30H2,1-8H3. The van der Waals surface area contributed by atoms with Crippen LogP contribution in [-0.2, 0) is 28.7 Å². The first kappa shape index (κ1) is 39.5. The highest BCUT2D eigenvalue weighted by Gasteiger charge is 2.52. The second-order valence-corrected chi connectivity index (χ2v) is 17.6. The largest absolute Gasteiger partial charge is 0.466 e. The van der Waals surface area contributed by atoms with Crippen LogP contribution in [0.2, 0.25) is 0 Å². The molecule has 50 heavy (non-hydrogen) atoms. The second kappa shape index (κ2) is 15.6. The molecule has 0 bridgehead atoms. The number of carbonyl (C=O) groups is 4. The van der Waals surface area contributed by atoms with Gasteiger partial charge in [0.1, 0.15) is 0 Å². The zero-order chi connectivity index (χ0) is 36.8. The maximum absolute atomic E-state index is 13.2. The van der Waals surface area contributed by atoms with Crippen molar-refractivity contribution in [3.63, 3.8) is 0 Å². The van der Waals surface area contributed by atoms with Gasteiger partial charge in [-0.3, -0.25) is 19.2 Å². The fourth-order valence-corrected chi connectivity index (χ4v) is 9.73. The Morgan fingerprint density at radius 2 is 0.940 bits per heavy atom. The van der Waals surface area contributed by atoms with Crippen molar-refractivity contribution in [1.82, 2.24) is 20.4 Å². The maximum Gasteiger partial charge on any atom is 0.305 e. The Labute approximate surface area is 300 Å². The van der Waals surface area contributed by atoms with E-state index >= 15 is 0 Å². The van der Waals surface area contributed by atoms with Gasteiger partial charge in [-0.1, -0.05) is 24.3 Å². The Morgan fingerprint density at radius 1 is 0.600 bits per heavy atom. The first-order chi connectivity index (χ1) is 23.3. The van der Waals surface area contributed by atoms with E-state index in [9.17, 15) is 19.2 Å². The van der Waals surface area contributed by atoms with Crippen LogP contribution < -0.4 is 10.6 Å². The number of unbranched alkanes of at least 4 members (excludes halogenated alkanes) is 1. The van der Waals surface area contributed by atoms with Crippen LogP contribution >= 0.6 is 0 Å². The number of allylic oxidation sites excluding steroid dienone is 4. The van der Waals surface area contributed by atoms with Crippen molar-refractivity contribution in [2.24, 2.45) is 0 Å². The van der Waals surface area contributed by atoms with Crippen LogP contribution in [-0.4, -0.2) is 80.0 Å². The van der Waals surface area contributed by atoms with Crippen LogP contribution in [0.25, 0.3) is 0 Å². The number of hydrogen-bond donors (Lipinski definition) is 2. The lowest BCUT2D eigenvalue weighted by Gasteiger charge is -2.56. The SMILES string of the molecule is CC1(C)CC(CCOC(=O)CCCCC(=O)OCCC2(N3C=CC=CCC3=O)CC(C)(C)NC(C)(C)C2)(N2C=CC=CCC2=O)CC(C)(C)N1. The molecule has 10 heteroatoms. The van der Waals surface area contributed by atoms with E-state index in [0.29, 0.717) is 38.5 Å². The van der Waals surface area contributed by atoms with Gasteiger partial charge in [-0.2, -0.15) is 0 Å². The van der Waals surface area contributed by atoms with Crippen molar-refractivity contribution in [3.8, 4) is 0 Å². The molecule has 2 amide bonds. The lowest BCUT2D eigenvalue weighted by Crippen LogP contribution is -2.68. The highest BCUT2D eigenvalue weighted by molar-refractivity contribution is 5.81. The van der Waals surface area contributed by atoms with Gasteiger partial charge in [0.05, 0.1) is 24.3 Å². The van der Waals surface area contributed by atoms with Gasteiger partial charge >= 0.3 is 11.9 Å². The Balaban J connectivity index is 1.25. The summed E-state index contributed by atoms with van der Waals surface area (Å²) in [5.74, 6) is -0.513. The molecule has 2 fully saturated rings. The summed E-state index contributed by atoms with van der Waals surface area (Å²) >= 11 is 0. The molecular formula is C40H62N4O6. The van der Waals surface area contributed by atoms with Crippen LogP contribution in [0.15, 0.2) is 48.9 Å². The summed E-state index contributed by atoms with van der Waals surface area (Å²) in [6, 6.07) is 0. The number of nitrogens with zero attached hydrogens (tertiary/aromatic N) is 2. The first-order valence-corrected chi connectivity index (χ1v) is 18.5. The Bertz CT molecular complexity index is 1250. The van der Waals surface area contributed by atoms with E-state index < -0.39 is 11.1 Å². The predicted molar refractivity (Wildman–Crippen MR) is 196 cm³/mol. The lowest BCUT2D eigenvalue weighted by molar-refractivity contribution is -0.149. The van der Waals surface area contributed by atoms with Crippen LogP contribution in [0.5, 0.6) is 0 Å². The van der Waals surface area contributed by atoms with E-state index in [4.69, 9.17) is 9.47 Å². The normalized spacial score (nSPS) is 24.4. The molecule has 0 aliphatic carbocycles. The van der Waals surface area contributed by atoms with Crippen molar-refractivity contribution in [2.75, 3.05) is 13.2 Å². The predicted octanol–water partition coefficient (Wildman–Crippen LogP) is 6.38. The molecule has 0 aromatic carbocycles. The minimum absolute atomic E-state index is 0.0462. The molecule has 2 saturated heterocycles. The van der Waals surface area contributed by atoms with Crippen molar-refractivity contribution >= 4 is 23.8 Å². The highest BCUT2D eigenvalue weighted by atomic mass is 16.5. The number of ether oxygens (including phenoxy) is 2. The molecule has 0 spiro atoms. The van der Waals surface area contributed by atoms with E-state index in [1.807, 2.05) is 58.7 Å². The van der Waals surface area contributed by atoms with Crippen molar-refractivity contribution < 1.29 is 28.7 Å². The molecule has 278 valence electrons. The first-order valence-electron chi connectivity index (χ1n) is 18.5. The van der Waals surface area contributed by atoms with E-state index in [2.05, 4.69) is 66.0 Å². The summed E-state index contributed by atoms with van der Waals surface area (Å²) in [7, 11) is 0. The van der Waals surface area contributed by atoms with Crippen molar-refractivity contribution in [2.45, 2.75) is 166 Å². The van der Waals surface area contributed by atoms with Gasteiger partial charge in [0.15, 0.2) is 0 Å². The van der Waals surface area contributed by atoms with Crippen LogP contribution in [0.4, 0.5) is 0 Å². The number of nitrogens with one attached hydrogen (secondary N) is 2. The average molecular weight is 695 g/mol. The van der Waals surface area contributed by atoms with Gasteiger partial charge in [0, 0.05) is 73.1 Å². The Kier molecular flexibility index (Phi) is 12.3. The molecule has 4 heterocycles. The Hall–Kier alpha value is -3.24. The van der Waals surface area contributed by atoms with Gasteiger partial charge in [0.2, 0.25) is 11.8 Å². The van der Waals surface area contributed by atoms with Gasteiger partial charge in [-0.05, 0) is 106 Å². The van der Waals surface area contributed by atoms with Crippen molar-refractivity contribution in [1.29, 1.82) is 0 Å². The number of esters is 2. The van der Waals surface area contributed by atoms with Crippen LogP contribution in [0, 0.1) is 0 Å². The third-order valence-electron chi connectivity index (χ3n) is 10.2. The van der Waals surface area contributed by atoms with Crippen LogP contribution in [0.3, 0.4) is 0 Å². The molecule has 0 saturated carbocycles. The molecule has 0 unspecified atom stereocenters. The summed E-state index contributed by atoms with van der Waals surface area (Å²) in [5.41, 5.74) is -1.84. The summed E-state index contributed by atoms with van der Waals surface area (Å²) < 4.78 is 11.4. The van der Waals surface area contributed by atoms with Gasteiger partial charge < -0.3 is 29.9 Å². The van der Waals surface area contributed by atoms with Gasteiger partial charge in [-0.25, -0.2) is 0 Å². The number of carbonyl (C=O) groups excluding carboxylic acids is 4. The van der Waals surface area contributed by atoms with E-state index in [0.717, 1.165) is 25.7 Å². The molecule has 4 aliphatic rings. The smallest absolute Gasteiger partial charge is 0.305 e. The van der Waals surface area contributed by atoms with E-state index in [1.54, 1.807) is 0 Å². The maximum atomic E-state index is 13.2. The number of hydrogen-bond acceptors (Lipinski definition) is 8. The second-order valence-electron chi connectivity index (χ2n) is 17.6. The third kappa shape index (κ3) is 10.6. The van der Waals surface area contributed by atoms with Crippen molar-refractivity contribution in [3.05, 3.63) is 48.9 Å². The zero-order valence-corrected chi connectivity index (χ0v) is 31.9. The summed E-state index contributed by atoms with van der Waals surface area (Å²) in [6.45, 7) is 17.7. The molecule has 2 N–H and O–H groups in total. The fourth-order valence-electron chi connectivity index (χ4n) is 9.73. The van der Waals surface area contributed by atoms with E-state index in [-0.39, 0.29) is 72.0 Å². The zero-order valence-electron chi connectivity index (χ0n) is 31.9. The highest BCUT2D eigenvalue weighted by Crippen LogP contribution is 2.44. The quantitative estimate of drug-likeness (QED) is 0.169. The molecule has 0 atom stereocenters. The molecule has 0 aromatic heterocycles. The molecule has 4 aliphatic heterocycles.